The van der Waals surface area contributed by atoms with Crippen LogP contribution in [0.1, 0.15) is 13.3 Å². The number of carbonyl (C=O) groups excluding carboxylic acids is 2. The molecule has 1 N–H and O–H groups in total. The third-order valence-corrected chi connectivity index (χ3v) is 0.796. The largest absolute Gasteiger partial charge is 0.508 e. The van der Waals surface area contributed by atoms with Gasteiger partial charge in [-0.05, 0) is 6.92 Å². The lowest BCUT2D eigenvalue weighted by Gasteiger charge is -2.00. The molecule has 0 fully saturated rings. The van der Waals surface area contributed by atoms with Crippen LogP contribution in [0.5, 0.6) is 0 Å². The second-order valence-corrected chi connectivity index (χ2v) is 1.92. The second-order valence-electron chi connectivity index (χ2n) is 1.92. The first kappa shape index (κ1) is 10.4. The van der Waals surface area contributed by atoms with Gasteiger partial charge in [0.1, 0.15) is 12.2 Å². The Hall–Kier alpha value is -1.59. The Balaban J connectivity index is 3.44. The Kier molecular flexibility index (Phi) is 4.43. The first-order valence-corrected chi connectivity index (χ1v) is 3.03. The third kappa shape index (κ3) is 6.53. The summed E-state index contributed by atoms with van der Waals surface area (Å²) in [5.41, 5.74) is 0. The van der Waals surface area contributed by atoms with Crippen LogP contribution < -0.4 is 0 Å². The summed E-state index contributed by atoms with van der Waals surface area (Å²) >= 11 is 0. The van der Waals surface area contributed by atoms with Gasteiger partial charge in [0.05, 0.1) is 0 Å². The van der Waals surface area contributed by atoms with Crippen LogP contribution in [0.2, 0.25) is 0 Å². The molecule has 0 unspecified atom stereocenters. The van der Waals surface area contributed by atoms with Crippen LogP contribution in [0.25, 0.3) is 0 Å². The molecule has 0 amide bonds. The molecule has 0 bridgehead atoms. The maximum absolute atomic E-state index is 10.5. The zero-order valence-corrected chi connectivity index (χ0v) is 6.40. The molecule has 0 saturated carbocycles. The van der Waals surface area contributed by atoms with Crippen molar-refractivity contribution >= 4 is 17.9 Å². The molecule has 0 radical (unpaired) electrons. The number of carbonyl (C=O) groups is 3. The highest BCUT2D eigenvalue weighted by atomic mass is 16.7. The minimum atomic E-state index is -1.54. The summed E-state index contributed by atoms with van der Waals surface area (Å²) in [5.74, 6) is -1.15. The van der Waals surface area contributed by atoms with Gasteiger partial charge in [-0.15, -0.1) is 0 Å². The summed E-state index contributed by atoms with van der Waals surface area (Å²) in [6.45, 7) is 0.542. The Bertz CT molecular complexity index is 196. The standard InChI is InChI=1S/C6H8O6/c1-4(7)2-5(8)11-3-12-6(9)10/h2-3H2,1H3,(H,9,10). The van der Waals surface area contributed by atoms with Crippen molar-refractivity contribution < 1.29 is 29.0 Å². The van der Waals surface area contributed by atoms with E-state index in [1.54, 1.807) is 0 Å². The molecule has 0 aliphatic carbocycles. The molecule has 6 nitrogen and oxygen atoms in total. The van der Waals surface area contributed by atoms with Crippen LogP contribution >= 0.6 is 0 Å². The van der Waals surface area contributed by atoms with E-state index >= 15 is 0 Å². The lowest BCUT2D eigenvalue weighted by molar-refractivity contribution is -0.154. The van der Waals surface area contributed by atoms with Crippen molar-refractivity contribution in [1.29, 1.82) is 0 Å². The molecular formula is C6H8O6. The second kappa shape index (κ2) is 5.11. The SMILES string of the molecule is CC(=O)CC(=O)OCOC(=O)O. The predicted molar refractivity (Wildman–Crippen MR) is 35.4 cm³/mol. The molecular weight excluding hydrogens is 168 g/mol. The van der Waals surface area contributed by atoms with E-state index in [2.05, 4.69) is 9.47 Å². The van der Waals surface area contributed by atoms with E-state index in [9.17, 15) is 14.4 Å². The lowest BCUT2D eigenvalue weighted by Crippen LogP contribution is -2.13. The van der Waals surface area contributed by atoms with Gasteiger partial charge in [0.25, 0.3) is 0 Å². The van der Waals surface area contributed by atoms with Gasteiger partial charge in [-0.25, -0.2) is 4.79 Å². The van der Waals surface area contributed by atoms with Crippen molar-refractivity contribution in [2.24, 2.45) is 0 Å². The quantitative estimate of drug-likeness (QED) is 0.372. The molecule has 0 saturated heterocycles. The van der Waals surface area contributed by atoms with Gasteiger partial charge < -0.3 is 14.6 Å². The van der Waals surface area contributed by atoms with E-state index < -0.39 is 18.9 Å². The fourth-order valence-corrected chi connectivity index (χ4v) is 0.400. The predicted octanol–water partition coefficient (Wildman–Crippen LogP) is 0.161. The van der Waals surface area contributed by atoms with E-state index in [-0.39, 0.29) is 12.2 Å². The van der Waals surface area contributed by atoms with Crippen LogP contribution in [-0.4, -0.2) is 29.8 Å². The third-order valence-electron chi connectivity index (χ3n) is 0.796. The summed E-state index contributed by atoms with van der Waals surface area (Å²) in [7, 11) is 0. The van der Waals surface area contributed by atoms with Gasteiger partial charge in [-0.3, -0.25) is 9.59 Å². The average Bonchev–Trinajstić information content (AvgIpc) is 1.84. The van der Waals surface area contributed by atoms with E-state index in [1.165, 1.54) is 6.92 Å². The minimum absolute atomic E-state index is 0.352. The summed E-state index contributed by atoms with van der Waals surface area (Å²) in [4.78, 5) is 30.5. The maximum Gasteiger partial charge on any atom is 0.508 e. The molecule has 0 aliphatic heterocycles. The molecule has 0 rings (SSSR count). The van der Waals surface area contributed by atoms with Crippen LogP contribution in [-0.2, 0) is 19.1 Å². The summed E-state index contributed by atoms with van der Waals surface area (Å²) < 4.78 is 8.06. The van der Waals surface area contributed by atoms with Crippen LogP contribution in [0, 0.1) is 0 Å². The van der Waals surface area contributed by atoms with Gasteiger partial charge in [0, 0.05) is 0 Å². The number of Topliss-reactive ketones (excluding diaryl/α,β-unsaturated/α-hetero) is 1. The van der Waals surface area contributed by atoms with Crippen LogP contribution in [0.3, 0.4) is 0 Å². The van der Waals surface area contributed by atoms with Crippen molar-refractivity contribution in [1.82, 2.24) is 0 Å². The molecule has 12 heavy (non-hydrogen) atoms. The molecule has 0 spiro atoms. The Morgan fingerprint density at radius 3 is 2.25 bits per heavy atom. The number of rotatable bonds is 4. The van der Waals surface area contributed by atoms with Gasteiger partial charge in [-0.2, -0.15) is 0 Å². The molecule has 0 atom stereocenters. The first-order chi connectivity index (χ1) is 5.52. The molecule has 0 heterocycles. The Morgan fingerprint density at radius 1 is 1.25 bits per heavy atom. The Morgan fingerprint density at radius 2 is 1.83 bits per heavy atom. The van der Waals surface area contributed by atoms with Crippen molar-refractivity contribution in [2.75, 3.05) is 6.79 Å². The van der Waals surface area contributed by atoms with Crippen LogP contribution in [0.4, 0.5) is 4.79 Å². The highest BCUT2D eigenvalue weighted by Gasteiger charge is 2.06. The fourth-order valence-electron chi connectivity index (χ4n) is 0.400. The number of esters is 1. The molecule has 0 aromatic heterocycles. The number of carboxylic acid groups (broad SMARTS) is 1. The molecule has 6 heteroatoms. The van der Waals surface area contributed by atoms with Gasteiger partial charge in [-0.1, -0.05) is 0 Å². The topological polar surface area (TPSA) is 89.9 Å². The van der Waals surface area contributed by atoms with E-state index in [0.29, 0.717) is 0 Å². The summed E-state index contributed by atoms with van der Waals surface area (Å²) in [6.07, 6.45) is -1.91. The minimum Gasteiger partial charge on any atom is -0.450 e. The number of ketones is 1. The number of ether oxygens (including phenoxy) is 2. The molecule has 0 aliphatic rings. The lowest BCUT2D eigenvalue weighted by atomic mass is 10.3. The van der Waals surface area contributed by atoms with Crippen molar-refractivity contribution in [3.8, 4) is 0 Å². The normalized spacial score (nSPS) is 8.75. The first-order valence-electron chi connectivity index (χ1n) is 3.03. The average molecular weight is 176 g/mol. The zero-order chi connectivity index (χ0) is 9.56. The van der Waals surface area contributed by atoms with E-state index in [0.717, 1.165) is 0 Å². The molecule has 0 aromatic rings. The summed E-state index contributed by atoms with van der Waals surface area (Å²) in [6, 6.07) is 0. The fraction of sp³-hybridized carbons (Fsp3) is 0.500. The maximum atomic E-state index is 10.5. The zero-order valence-electron chi connectivity index (χ0n) is 6.40. The molecule has 0 aromatic carbocycles. The highest BCUT2D eigenvalue weighted by molar-refractivity contribution is 5.94. The van der Waals surface area contributed by atoms with Gasteiger partial charge >= 0.3 is 12.1 Å². The van der Waals surface area contributed by atoms with Crippen molar-refractivity contribution in [3.05, 3.63) is 0 Å². The van der Waals surface area contributed by atoms with Crippen LogP contribution in [0.15, 0.2) is 0 Å². The Labute approximate surface area is 68.1 Å². The number of hydrogen-bond acceptors (Lipinski definition) is 5. The number of hydrogen-bond donors (Lipinski definition) is 1. The van der Waals surface area contributed by atoms with Gasteiger partial charge in [0.2, 0.25) is 6.79 Å². The monoisotopic (exact) mass is 176 g/mol. The molecule has 68 valence electrons. The van der Waals surface area contributed by atoms with E-state index in [1.807, 2.05) is 0 Å². The summed E-state index contributed by atoms with van der Waals surface area (Å²) in [5, 5.41) is 7.93. The van der Waals surface area contributed by atoms with E-state index in [4.69, 9.17) is 5.11 Å². The van der Waals surface area contributed by atoms with Crippen molar-refractivity contribution in [3.63, 3.8) is 0 Å². The van der Waals surface area contributed by atoms with Gasteiger partial charge in [0.15, 0.2) is 0 Å². The van der Waals surface area contributed by atoms with Crippen molar-refractivity contribution in [2.45, 2.75) is 13.3 Å². The smallest absolute Gasteiger partial charge is 0.450 e. The highest BCUT2D eigenvalue weighted by Crippen LogP contribution is 1.88.